The van der Waals surface area contributed by atoms with E-state index in [1.54, 1.807) is 4.90 Å². The van der Waals surface area contributed by atoms with Gasteiger partial charge in [0.25, 0.3) is 0 Å². The summed E-state index contributed by atoms with van der Waals surface area (Å²) in [5.41, 5.74) is 0.499. The van der Waals surface area contributed by atoms with E-state index in [2.05, 4.69) is 5.32 Å². The van der Waals surface area contributed by atoms with Gasteiger partial charge < -0.3 is 24.4 Å². The van der Waals surface area contributed by atoms with Crippen molar-refractivity contribution >= 4 is 12.2 Å². The summed E-state index contributed by atoms with van der Waals surface area (Å²) in [4.78, 5) is 25.7. The smallest absolute Gasteiger partial charge is 0.410 e. The van der Waals surface area contributed by atoms with Crippen molar-refractivity contribution in [3.63, 3.8) is 0 Å². The first-order chi connectivity index (χ1) is 13.8. The Bertz CT molecular complexity index is 674. The fraction of sp³-hybridized carbons (Fsp3) is 0.636. The van der Waals surface area contributed by atoms with E-state index in [-0.39, 0.29) is 30.4 Å². The van der Waals surface area contributed by atoms with E-state index in [0.717, 1.165) is 31.2 Å². The van der Waals surface area contributed by atoms with Crippen LogP contribution in [0.2, 0.25) is 0 Å². The number of benzene rings is 1. The largest absolute Gasteiger partial charge is 0.445 e. The second-order valence-corrected chi connectivity index (χ2v) is 8.80. The number of nitrogens with zero attached hydrogens (tertiary/aromatic N) is 1. The summed E-state index contributed by atoms with van der Waals surface area (Å²) in [5, 5.41) is 2.88. The van der Waals surface area contributed by atoms with Crippen LogP contribution in [0.4, 0.5) is 9.59 Å². The van der Waals surface area contributed by atoms with E-state index in [1.165, 1.54) is 0 Å². The molecule has 2 aliphatic rings. The molecule has 3 rings (SSSR count). The van der Waals surface area contributed by atoms with Crippen LogP contribution in [-0.2, 0) is 20.8 Å². The highest BCUT2D eigenvalue weighted by molar-refractivity contribution is 5.68. The van der Waals surface area contributed by atoms with Gasteiger partial charge in [0.05, 0.1) is 12.2 Å². The summed E-state index contributed by atoms with van der Waals surface area (Å²) in [6.45, 7) is 7.13. The van der Waals surface area contributed by atoms with Gasteiger partial charge in [0.1, 0.15) is 12.2 Å². The molecule has 1 N–H and O–H groups in total. The molecule has 0 bridgehead atoms. The third-order valence-electron chi connectivity index (χ3n) is 5.11. The molecular weight excluding hydrogens is 372 g/mol. The highest BCUT2D eigenvalue weighted by Crippen LogP contribution is 2.28. The summed E-state index contributed by atoms with van der Waals surface area (Å²) >= 11 is 0. The Morgan fingerprint density at radius 2 is 1.72 bits per heavy atom. The molecule has 1 aliphatic heterocycles. The number of carbonyl (C=O) groups is 2. The average Bonchev–Trinajstić information content (AvgIpc) is 2.64. The van der Waals surface area contributed by atoms with Crippen LogP contribution in [0, 0.1) is 0 Å². The van der Waals surface area contributed by atoms with Crippen molar-refractivity contribution in [1.82, 2.24) is 10.2 Å². The summed E-state index contributed by atoms with van der Waals surface area (Å²) in [6, 6.07) is 9.80. The van der Waals surface area contributed by atoms with Crippen molar-refractivity contribution in [2.75, 3.05) is 13.1 Å². The molecule has 29 heavy (non-hydrogen) atoms. The topological polar surface area (TPSA) is 77.1 Å². The lowest BCUT2D eigenvalue weighted by Crippen LogP contribution is -2.51. The van der Waals surface area contributed by atoms with Crippen LogP contribution in [0.5, 0.6) is 0 Å². The maximum Gasteiger partial charge on any atom is 0.410 e. The number of rotatable bonds is 5. The number of alkyl carbamates (subject to hydrolysis) is 1. The number of piperidine rings is 1. The Balaban J connectivity index is 1.29. The van der Waals surface area contributed by atoms with E-state index in [0.29, 0.717) is 19.7 Å². The van der Waals surface area contributed by atoms with Gasteiger partial charge in [-0.25, -0.2) is 9.59 Å². The number of amides is 2. The molecule has 1 saturated carbocycles. The van der Waals surface area contributed by atoms with Crippen molar-refractivity contribution in [3.8, 4) is 0 Å². The SMILES string of the molecule is CC(C)(C)OC(=O)N[C@H]1C[C@H](OC2CCN(C(=O)OCc3ccccc3)CC2)C1. The van der Waals surface area contributed by atoms with E-state index < -0.39 is 5.60 Å². The van der Waals surface area contributed by atoms with Crippen LogP contribution >= 0.6 is 0 Å². The predicted molar refractivity (Wildman–Crippen MR) is 108 cm³/mol. The molecule has 160 valence electrons. The monoisotopic (exact) mass is 404 g/mol. The van der Waals surface area contributed by atoms with Gasteiger partial charge in [-0.2, -0.15) is 0 Å². The first-order valence-electron chi connectivity index (χ1n) is 10.4. The zero-order valence-electron chi connectivity index (χ0n) is 17.6. The molecule has 1 aliphatic carbocycles. The first-order valence-corrected chi connectivity index (χ1v) is 10.4. The molecule has 1 aromatic carbocycles. The van der Waals surface area contributed by atoms with Gasteiger partial charge in [0.15, 0.2) is 0 Å². The molecule has 0 atom stereocenters. The minimum absolute atomic E-state index is 0.114. The summed E-state index contributed by atoms with van der Waals surface area (Å²) < 4.78 is 16.8. The van der Waals surface area contributed by atoms with Crippen molar-refractivity contribution in [1.29, 1.82) is 0 Å². The van der Waals surface area contributed by atoms with Crippen LogP contribution in [0.1, 0.15) is 52.0 Å². The molecule has 1 saturated heterocycles. The van der Waals surface area contributed by atoms with Gasteiger partial charge in [0.2, 0.25) is 0 Å². The van der Waals surface area contributed by atoms with Gasteiger partial charge in [-0.1, -0.05) is 30.3 Å². The zero-order valence-corrected chi connectivity index (χ0v) is 17.6. The quantitative estimate of drug-likeness (QED) is 0.806. The Morgan fingerprint density at radius 3 is 2.34 bits per heavy atom. The van der Waals surface area contributed by atoms with Crippen LogP contribution < -0.4 is 5.32 Å². The first kappa shape index (κ1) is 21.4. The fourth-order valence-electron chi connectivity index (χ4n) is 3.53. The Hall–Kier alpha value is -2.28. The van der Waals surface area contributed by atoms with E-state index >= 15 is 0 Å². The maximum atomic E-state index is 12.2. The number of hydrogen-bond acceptors (Lipinski definition) is 5. The lowest BCUT2D eigenvalue weighted by molar-refractivity contribution is -0.0828. The van der Waals surface area contributed by atoms with Gasteiger partial charge in [-0.05, 0) is 52.0 Å². The maximum absolute atomic E-state index is 12.2. The van der Waals surface area contributed by atoms with Gasteiger partial charge in [-0.15, -0.1) is 0 Å². The van der Waals surface area contributed by atoms with Crippen LogP contribution in [-0.4, -0.2) is 54.0 Å². The molecular formula is C22H32N2O5. The van der Waals surface area contributed by atoms with Gasteiger partial charge in [0, 0.05) is 19.1 Å². The summed E-state index contributed by atoms with van der Waals surface area (Å²) in [6.07, 6.45) is 2.90. The number of carbonyl (C=O) groups excluding carboxylic acids is 2. The highest BCUT2D eigenvalue weighted by Gasteiger charge is 2.35. The molecule has 0 spiro atoms. The third-order valence-corrected chi connectivity index (χ3v) is 5.11. The molecule has 1 aromatic rings. The predicted octanol–water partition coefficient (Wildman–Crippen LogP) is 3.86. The van der Waals surface area contributed by atoms with Crippen LogP contribution in [0.15, 0.2) is 30.3 Å². The number of likely N-dealkylation sites (tertiary alicyclic amines) is 1. The van der Waals surface area contributed by atoms with E-state index in [1.807, 2.05) is 51.1 Å². The number of nitrogens with one attached hydrogen (secondary N) is 1. The van der Waals surface area contributed by atoms with Crippen LogP contribution in [0.3, 0.4) is 0 Å². The third kappa shape index (κ3) is 6.92. The molecule has 7 heteroatoms. The number of hydrogen-bond donors (Lipinski definition) is 1. The minimum Gasteiger partial charge on any atom is -0.445 e. The summed E-state index contributed by atoms with van der Waals surface area (Å²) in [5.74, 6) is 0. The Labute approximate surface area is 172 Å². The second-order valence-electron chi connectivity index (χ2n) is 8.80. The minimum atomic E-state index is -0.486. The van der Waals surface area contributed by atoms with Gasteiger partial charge in [-0.3, -0.25) is 0 Å². The number of ether oxygens (including phenoxy) is 3. The molecule has 0 radical (unpaired) electrons. The fourth-order valence-corrected chi connectivity index (χ4v) is 3.53. The molecule has 7 nitrogen and oxygen atoms in total. The standard InChI is InChI=1S/C22H32N2O5/c1-22(2,3)29-20(25)23-17-13-19(14-17)28-18-9-11-24(12-10-18)21(26)27-15-16-7-5-4-6-8-16/h4-8,17-19H,9-15H2,1-3H3,(H,23,25)/t17-,19-. The molecule has 2 amide bonds. The van der Waals surface area contributed by atoms with Crippen molar-refractivity contribution in [3.05, 3.63) is 35.9 Å². The molecule has 0 unspecified atom stereocenters. The molecule has 0 aromatic heterocycles. The van der Waals surface area contributed by atoms with E-state index in [9.17, 15) is 9.59 Å². The lowest BCUT2D eigenvalue weighted by atomic mass is 9.89. The average molecular weight is 405 g/mol. The molecule has 1 heterocycles. The molecule has 2 fully saturated rings. The van der Waals surface area contributed by atoms with Crippen LogP contribution in [0.25, 0.3) is 0 Å². The Kier molecular flexibility index (Phi) is 7.00. The normalized spacial score (nSPS) is 22.5. The van der Waals surface area contributed by atoms with Gasteiger partial charge >= 0.3 is 12.2 Å². The zero-order chi connectivity index (χ0) is 20.9. The highest BCUT2D eigenvalue weighted by atomic mass is 16.6. The Morgan fingerprint density at radius 1 is 1.07 bits per heavy atom. The lowest BCUT2D eigenvalue weighted by Gasteiger charge is -2.40. The second kappa shape index (κ2) is 9.48. The van der Waals surface area contributed by atoms with E-state index in [4.69, 9.17) is 14.2 Å². The summed E-state index contributed by atoms with van der Waals surface area (Å²) in [7, 11) is 0. The van der Waals surface area contributed by atoms with Crippen molar-refractivity contribution < 1.29 is 23.8 Å². The van der Waals surface area contributed by atoms with Crippen molar-refractivity contribution in [2.24, 2.45) is 0 Å². The van der Waals surface area contributed by atoms with Crippen molar-refractivity contribution in [2.45, 2.75) is 76.9 Å².